The third-order valence-electron chi connectivity index (χ3n) is 7.29. The number of likely N-dealkylation sites (tertiary alicyclic amines) is 1. The SMILES string of the molecule is CNC1CCN(C(=N)c2ccc(Nc3ncc4c(n3)-c3ccc(Cl)cc3C(c3c(F)cccc3F)=NC4)cc2)C1. The second kappa shape index (κ2) is 10.7. The smallest absolute Gasteiger partial charge is 0.227 e. The van der Waals surface area contributed by atoms with Crippen molar-refractivity contribution in [1.29, 1.82) is 5.41 Å². The number of amidine groups is 1. The second-order valence-electron chi connectivity index (χ2n) is 9.79. The predicted octanol–water partition coefficient (Wildman–Crippen LogP) is 5.79. The largest absolute Gasteiger partial charge is 0.355 e. The fourth-order valence-electron chi connectivity index (χ4n) is 5.14. The van der Waals surface area contributed by atoms with E-state index in [1.807, 2.05) is 31.3 Å². The van der Waals surface area contributed by atoms with Crippen LogP contribution in [0.3, 0.4) is 0 Å². The molecule has 3 heterocycles. The Kier molecular flexibility index (Phi) is 7.00. The number of anilines is 2. The number of hydrogen-bond acceptors (Lipinski definition) is 6. The number of fused-ring (bicyclic) bond motifs is 3. The molecule has 1 aromatic heterocycles. The average Bonchev–Trinajstić information content (AvgIpc) is 3.39. The van der Waals surface area contributed by atoms with Gasteiger partial charge in [-0.15, -0.1) is 0 Å². The zero-order chi connectivity index (χ0) is 27.8. The van der Waals surface area contributed by atoms with Gasteiger partial charge in [0.1, 0.15) is 17.5 Å². The summed E-state index contributed by atoms with van der Waals surface area (Å²) in [6.45, 7) is 1.82. The second-order valence-corrected chi connectivity index (χ2v) is 10.2. The van der Waals surface area contributed by atoms with Crippen molar-refractivity contribution in [3.63, 3.8) is 0 Å². The minimum absolute atomic E-state index is 0.146. The first-order valence-corrected chi connectivity index (χ1v) is 13.3. The molecule has 0 amide bonds. The number of rotatable bonds is 5. The van der Waals surface area contributed by atoms with Gasteiger partial charge in [-0.3, -0.25) is 10.4 Å². The lowest BCUT2D eigenvalue weighted by Gasteiger charge is -2.19. The van der Waals surface area contributed by atoms with E-state index in [1.165, 1.54) is 18.2 Å². The van der Waals surface area contributed by atoms with Crippen molar-refractivity contribution in [2.24, 2.45) is 4.99 Å². The van der Waals surface area contributed by atoms with Gasteiger partial charge in [0.25, 0.3) is 0 Å². The first-order chi connectivity index (χ1) is 19.4. The molecule has 0 radical (unpaired) electrons. The van der Waals surface area contributed by atoms with Gasteiger partial charge in [-0.05, 0) is 62.0 Å². The van der Waals surface area contributed by atoms with E-state index in [4.69, 9.17) is 22.0 Å². The molecule has 1 saturated heterocycles. The van der Waals surface area contributed by atoms with Gasteiger partial charge in [0.2, 0.25) is 5.95 Å². The maximum atomic E-state index is 14.8. The van der Waals surface area contributed by atoms with E-state index >= 15 is 0 Å². The van der Waals surface area contributed by atoms with Crippen molar-refractivity contribution < 1.29 is 8.78 Å². The zero-order valence-electron chi connectivity index (χ0n) is 21.7. The van der Waals surface area contributed by atoms with Crippen molar-refractivity contribution in [2.75, 3.05) is 25.5 Å². The Bertz CT molecular complexity index is 1620. The first kappa shape index (κ1) is 26.0. The van der Waals surface area contributed by atoms with E-state index in [9.17, 15) is 8.78 Å². The van der Waals surface area contributed by atoms with E-state index in [0.29, 0.717) is 39.7 Å². The van der Waals surface area contributed by atoms with E-state index in [-0.39, 0.29) is 17.8 Å². The molecular formula is C30H26ClF2N7. The zero-order valence-corrected chi connectivity index (χ0v) is 22.4. The van der Waals surface area contributed by atoms with Crippen LogP contribution in [0.4, 0.5) is 20.4 Å². The van der Waals surface area contributed by atoms with Crippen LogP contribution < -0.4 is 10.6 Å². The van der Waals surface area contributed by atoms with Gasteiger partial charge < -0.3 is 15.5 Å². The van der Waals surface area contributed by atoms with Crippen molar-refractivity contribution >= 4 is 34.8 Å². The number of nitrogens with zero attached hydrogens (tertiary/aromatic N) is 4. The van der Waals surface area contributed by atoms with Crippen LogP contribution in [-0.4, -0.2) is 52.6 Å². The Morgan fingerprint density at radius 3 is 2.55 bits per heavy atom. The molecule has 40 heavy (non-hydrogen) atoms. The number of likely N-dealkylation sites (N-methyl/N-ethyl adjacent to an activating group) is 1. The van der Waals surface area contributed by atoms with Crippen LogP contribution in [0.5, 0.6) is 0 Å². The average molecular weight is 558 g/mol. The molecule has 3 aromatic carbocycles. The molecule has 7 nitrogen and oxygen atoms in total. The maximum absolute atomic E-state index is 14.8. The van der Waals surface area contributed by atoms with Crippen molar-refractivity contribution in [3.05, 3.63) is 106 Å². The Labute approximate surface area is 235 Å². The Balaban J connectivity index is 1.29. The van der Waals surface area contributed by atoms with Crippen LogP contribution in [0.2, 0.25) is 5.02 Å². The molecule has 1 fully saturated rings. The molecule has 1 unspecified atom stereocenters. The van der Waals surface area contributed by atoms with Crippen molar-refractivity contribution in [3.8, 4) is 11.3 Å². The van der Waals surface area contributed by atoms with E-state index < -0.39 is 11.6 Å². The van der Waals surface area contributed by atoms with Crippen LogP contribution in [0.1, 0.15) is 28.7 Å². The number of halogens is 3. The summed E-state index contributed by atoms with van der Waals surface area (Å²) in [5.74, 6) is -0.540. The summed E-state index contributed by atoms with van der Waals surface area (Å²) in [7, 11) is 1.95. The van der Waals surface area contributed by atoms with Crippen LogP contribution >= 0.6 is 11.6 Å². The van der Waals surface area contributed by atoms with Crippen LogP contribution in [0, 0.1) is 17.0 Å². The minimum atomic E-state index is -0.702. The first-order valence-electron chi connectivity index (χ1n) is 12.9. The quantitative estimate of drug-likeness (QED) is 0.213. The highest BCUT2D eigenvalue weighted by molar-refractivity contribution is 6.31. The molecule has 0 saturated carbocycles. The van der Waals surface area contributed by atoms with Crippen LogP contribution in [-0.2, 0) is 6.54 Å². The highest BCUT2D eigenvalue weighted by atomic mass is 35.5. The fourth-order valence-corrected chi connectivity index (χ4v) is 5.32. The maximum Gasteiger partial charge on any atom is 0.227 e. The predicted molar refractivity (Wildman–Crippen MR) is 154 cm³/mol. The van der Waals surface area contributed by atoms with E-state index in [0.717, 1.165) is 36.3 Å². The van der Waals surface area contributed by atoms with Gasteiger partial charge in [0, 0.05) is 58.3 Å². The van der Waals surface area contributed by atoms with Gasteiger partial charge in [-0.1, -0.05) is 23.7 Å². The lowest BCUT2D eigenvalue weighted by Crippen LogP contribution is -2.33. The summed E-state index contributed by atoms with van der Waals surface area (Å²) in [6.07, 6.45) is 2.69. The van der Waals surface area contributed by atoms with E-state index in [1.54, 1.807) is 24.4 Å². The molecule has 4 aromatic rings. The Morgan fingerprint density at radius 1 is 1.05 bits per heavy atom. The number of nitrogens with one attached hydrogen (secondary N) is 3. The molecule has 0 aliphatic carbocycles. The van der Waals surface area contributed by atoms with Crippen LogP contribution in [0.25, 0.3) is 11.3 Å². The highest BCUT2D eigenvalue weighted by Crippen LogP contribution is 2.34. The third-order valence-corrected chi connectivity index (χ3v) is 7.53. The number of aliphatic imine (C=N–C) groups is 1. The molecule has 2 aliphatic heterocycles. The highest BCUT2D eigenvalue weighted by Gasteiger charge is 2.26. The fraction of sp³-hybridized carbons (Fsp3) is 0.200. The summed E-state index contributed by atoms with van der Waals surface area (Å²) >= 11 is 6.31. The normalized spacial score (nSPS) is 16.1. The topological polar surface area (TPSA) is 89.3 Å². The molecule has 0 spiro atoms. The third kappa shape index (κ3) is 4.94. The van der Waals surface area contributed by atoms with Gasteiger partial charge in [0.15, 0.2) is 0 Å². The summed E-state index contributed by atoms with van der Waals surface area (Å²) in [5.41, 5.74) is 4.04. The van der Waals surface area contributed by atoms with E-state index in [2.05, 4.69) is 25.5 Å². The summed E-state index contributed by atoms with van der Waals surface area (Å²) in [5, 5.41) is 15.5. The monoisotopic (exact) mass is 557 g/mol. The molecule has 10 heteroatoms. The number of benzene rings is 3. The summed E-state index contributed by atoms with van der Waals surface area (Å²) in [4.78, 5) is 15.9. The molecule has 1 atom stereocenters. The number of aromatic nitrogens is 2. The Morgan fingerprint density at radius 2 is 1.82 bits per heavy atom. The lowest BCUT2D eigenvalue weighted by molar-refractivity contribution is 0.491. The van der Waals surface area contributed by atoms with Gasteiger partial charge in [0.05, 0.1) is 23.5 Å². The molecule has 0 bridgehead atoms. The standard InChI is InChI=1S/C30H26ClF2N7/c1-35-21-11-12-40(16-21)29(34)17-5-8-20(9-6-17)38-30-37-15-18-14-36-28(26-24(32)3-2-4-25(26)33)23-13-19(31)7-10-22(23)27(18)39-30/h2-10,13,15,21,34-35H,11-12,14,16H2,1H3,(H,37,38,39). The molecule has 2 aliphatic rings. The summed E-state index contributed by atoms with van der Waals surface area (Å²) in [6, 6.07) is 16.9. The summed E-state index contributed by atoms with van der Waals surface area (Å²) < 4.78 is 29.6. The van der Waals surface area contributed by atoms with Gasteiger partial charge >= 0.3 is 0 Å². The molecule has 6 rings (SSSR count). The number of hydrogen-bond donors (Lipinski definition) is 3. The molecule has 202 valence electrons. The van der Waals surface area contributed by atoms with Gasteiger partial charge in [-0.2, -0.15) is 0 Å². The lowest BCUT2D eigenvalue weighted by atomic mass is 9.95. The molecular weight excluding hydrogens is 532 g/mol. The van der Waals surface area contributed by atoms with Crippen LogP contribution in [0.15, 0.2) is 71.9 Å². The Hall–Kier alpha value is -4.21. The van der Waals surface area contributed by atoms with Gasteiger partial charge in [-0.25, -0.2) is 18.7 Å². The van der Waals surface area contributed by atoms with Crippen molar-refractivity contribution in [2.45, 2.75) is 19.0 Å². The minimum Gasteiger partial charge on any atom is -0.355 e. The molecule has 3 N–H and O–H groups in total. The van der Waals surface area contributed by atoms with Crippen molar-refractivity contribution in [1.82, 2.24) is 20.2 Å².